The normalized spacial score (nSPS) is 10.0. The molecule has 2 rings (SSSR count). The molecule has 0 heterocycles. The van der Waals surface area contributed by atoms with E-state index >= 15 is 0 Å². The van der Waals surface area contributed by atoms with E-state index in [0.717, 1.165) is 6.07 Å². The van der Waals surface area contributed by atoms with Crippen LogP contribution in [0.25, 0.3) is 0 Å². The number of hydrogen-bond donors (Lipinski definition) is 1. The molecule has 0 unspecified atom stereocenters. The first kappa shape index (κ1) is 18.2. The first-order valence-corrected chi connectivity index (χ1v) is 7.33. The van der Waals surface area contributed by atoms with Crippen LogP contribution in [-0.4, -0.2) is 30.5 Å². The van der Waals surface area contributed by atoms with Crippen LogP contribution >= 0.6 is 11.6 Å². The Morgan fingerprint density at radius 2 is 1.88 bits per heavy atom. The minimum absolute atomic E-state index is 0.0232. The molecule has 0 aromatic heterocycles. The van der Waals surface area contributed by atoms with Gasteiger partial charge in [0.15, 0.2) is 6.61 Å². The molecular formula is C16H13ClN2O6. The van der Waals surface area contributed by atoms with E-state index in [-0.39, 0.29) is 23.0 Å². The molecule has 130 valence electrons. The molecule has 0 saturated carbocycles. The Morgan fingerprint density at radius 1 is 1.20 bits per heavy atom. The fourth-order valence-corrected chi connectivity index (χ4v) is 2.07. The maximum absolute atomic E-state index is 11.9. The molecule has 0 fully saturated rings. The second kappa shape index (κ2) is 8.11. The van der Waals surface area contributed by atoms with Crippen molar-refractivity contribution in [2.24, 2.45) is 0 Å². The SMILES string of the molecule is COC(=O)c1ccc(OCC(=O)Nc2ccc(Cl)c([N+](=O)[O-])c2)cc1. The number of ether oxygens (including phenoxy) is 2. The van der Waals surface area contributed by atoms with Crippen LogP contribution < -0.4 is 10.1 Å². The van der Waals surface area contributed by atoms with Crippen LogP contribution in [0.15, 0.2) is 42.5 Å². The molecular weight excluding hydrogens is 352 g/mol. The molecule has 9 heteroatoms. The predicted molar refractivity (Wildman–Crippen MR) is 90.0 cm³/mol. The number of anilines is 1. The van der Waals surface area contributed by atoms with Gasteiger partial charge in [-0.2, -0.15) is 0 Å². The highest BCUT2D eigenvalue weighted by Gasteiger charge is 2.14. The molecule has 0 radical (unpaired) electrons. The molecule has 0 aliphatic rings. The van der Waals surface area contributed by atoms with E-state index in [2.05, 4.69) is 10.1 Å². The summed E-state index contributed by atoms with van der Waals surface area (Å²) in [6, 6.07) is 9.97. The van der Waals surface area contributed by atoms with Crippen LogP contribution in [0.4, 0.5) is 11.4 Å². The van der Waals surface area contributed by atoms with Crippen LogP contribution in [0.3, 0.4) is 0 Å². The minimum atomic E-state index is -0.642. The van der Waals surface area contributed by atoms with Crippen LogP contribution in [0.5, 0.6) is 5.75 Å². The number of nitro groups is 1. The van der Waals surface area contributed by atoms with Gasteiger partial charge in [-0.1, -0.05) is 11.6 Å². The lowest BCUT2D eigenvalue weighted by Crippen LogP contribution is -2.20. The number of hydrogen-bond acceptors (Lipinski definition) is 6. The summed E-state index contributed by atoms with van der Waals surface area (Å²) < 4.78 is 9.86. The number of esters is 1. The van der Waals surface area contributed by atoms with E-state index in [1.54, 1.807) is 0 Å². The van der Waals surface area contributed by atoms with Crippen molar-refractivity contribution in [2.45, 2.75) is 0 Å². The third-order valence-electron chi connectivity index (χ3n) is 3.07. The highest BCUT2D eigenvalue weighted by molar-refractivity contribution is 6.32. The third kappa shape index (κ3) is 4.92. The first-order valence-electron chi connectivity index (χ1n) is 6.95. The highest BCUT2D eigenvalue weighted by Crippen LogP contribution is 2.27. The Bertz CT molecular complexity index is 807. The molecule has 1 amide bonds. The van der Waals surface area contributed by atoms with E-state index in [1.807, 2.05) is 0 Å². The fraction of sp³-hybridized carbons (Fsp3) is 0.125. The summed E-state index contributed by atoms with van der Waals surface area (Å²) in [5.41, 5.74) is 0.275. The summed E-state index contributed by atoms with van der Waals surface area (Å²) in [5.74, 6) is -0.604. The summed E-state index contributed by atoms with van der Waals surface area (Å²) in [6.07, 6.45) is 0. The number of nitrogens with zero attached hydrogens (tertiary/aromatic N) is 1. The maximum Gasteiger partial charge on any atom is 0.337 e. The maximum atomic E-state index is 11.9. The van der Waals surface area contributed by atoms with Crippen LogP contribution in [0, 0.1) is 10.1 Å². The van der Waals surface area contributed by atoms with Crippen LogP contribution in [-0.2, 0) is 9.53 Å². The lowest BCUT2D eigenvalue weighted by atomic mass is 10.2. The third-order valence-corrected chi connectivity index (χ3v) is 3.39. The van der Waals surface area contributed by atoms with Gasteiger partial charge in [-0.3, -0.25) is 14.9 Å². The molecule has 0 saturated heterocycles. The number of methoxy groups -OCH3 is 1. The topological polar surface area (TPSA) is 108 Å². The summed E-state index contributed by atoms with van der Waals surface area (Å²) in [7, 11) is 1.28. The lowest BCUT2D eigenvalue weighted by Gasteiger charge is -2.08. The molecule has 0 spiro atoms. The minimum Gasteiger partial charge on any atom is -0.484 e. The molecule has 8 nitrogen and oxygen atoms in total. The standard InChI is InChI=1S/C16H13ClN2O6/c1-24-16(21)10-2-5-12(6-3-10)25-9-15(20)18-11-4-7-13(17)14(8-11)19(22)23/h2-8H,9H2,1H3,(H,18,20). The molecule has 0 aliphatic heterocycles. The van der Waals surface area contributed by atoms with Crippen molar-refractivity contribution in [1.29, 1.82) is 0 Å². The van der Waals surface area contributed by atoms with Crippen LogP contribution in [0.2, 0.25) is 5.02 Å². The fourth-order valence-electron chi connectivity index (χ4n) is 1.88. The summed E-state index contributed by atoms with van der Waals surface area (Å²) in [5, 5.41) is 13.3. The number of nitrogens with one attached hydrogen (secondary N) is 1. The molecule has 0 bridgehead atoms. The Hall–Kier alpha value is -3.13. The van der Waals surface area contributed by atoms with Crippen molar-refractivity contribution in [3.8, 4) is 5.75 Å². The largest absolute Gasteiger partial charge is 0.484 e. The number of carbonyl (C=O) groups excluding carboxylic acids is 2. The second-order valence-corrected chi connectivity index (χ2v) is 5.18. The van der Waals surface area contributed by atoms with Gasteiger partial charge >= 0.3 is 5.97 Å². The van der Waals surface area contributed by atoms with Gasteiger partial charge < -0.3 is 14.8 Å². The lowest BCUT2D eigenvalue weighted by molar-refractivity contribution is -0.384. The van der Waals surface area contributed by atoms with E-state index in [9.17, 15) is 19.7 Å². The zero-order valence-corrected chi connectivity index (χ0v) is 13.8. The monoisotopic (exact) mass is 364 g/mol. The number of nitro benzene ring substituents is 1. The number of amides is 1. The van der Waals surface area contributed by atoms with Gasteiger partial charge in [-0.15, -0.1) is 0 Å². The summed E-state index contributed by atoms with van der Waals surface area (Å²) in [4.78, 5) is 33.3. The number of carbonyl (C=O) groups is 2. The highest BCUT2D eigenvalue weighted by atomic mass is 35.5. The van der Waals surface area contributed by atoms with E-state index < -0.39 is 16.8 Å². The molecule has 0 atom stereocenters. The van der Waals surface area contributed by atoms with Gasteiger partial charge in [0.2, 0.25) is 0 Å². The smallest absolute Gasteiger partial charge is 0.337 e. The Morgan fingerprint density at radius 3 is 2.48 bits per heavy atom. The van der Waals surface area contributed by atoms with E-state index in [1.165, 1.54) is 43.5 Å². The quantitative estimate of drug-likeness (QED) is 0.479. The van der Waals surface area contributed by atoms with E-state index in [0.29, 0.717) is 11.3 Å². The Kier molecular flexibility index (Phi) is 5.91. The summed E-state index contributed by atoms with van der Waals surface area (Å²) in [6.45, 7) is -0.312. The zero-order chi connectivity index (χ0) is 18.4. The van der Waals surface area contributed by atoms with E-state index in [4.69, 9.17) is 16.3 Å². The number of rotatable bonds is 6. The zero-order valence-electron chi connectivity index (χ0n) is 13.0. The Labute approximate surface area is 147 Å². The van der Waals surface area contributed by atoms with Crippen LogP contribution in [0.1, 0.15) is 10.4 Å². The van der Waals surface area contributed by atoms with Gasteiger partial charge in [0.25, 0.3) is 11.6 Å². The van der Waals surface area contributed by atoms with Crippen molar-refractivity contribution in [1.82, 2.24) is 0 Å². The van der Waals surface area contributed by atoms with Crippen molar-refractivity contribution in [3.63, 3.8) is 0 Å². The van der Waals surface area contributed by atoms with Gasteiger partial charge in [-0.05, 0) is 36.4 Å². The summed E-state index contributed by atoms with van der Waals surface area (Å²) >= 11 is 5.70. The first-order chi connectivity index (χ1) is 11.9. The predicted octanol–water partition coefficient (Wildman–Crippen LogP) is 3.05. The van der Waals surface area contributed by atoms with Gasteiger partial charge in [0.05, 0.1) is 17.6 Å². The average molecular weight is 365 g/mol. The molecule has 0 aliphatic carbocycles. The Balaban J connectivity index is 1.94. The average Bonchev–Trinajstić information content (AvgIpc) is 2.61. The van der Waals surface area contributed by atoms with Crippen molar-refractivity contribution >= 4 is 34.9 Å². The van der Waals surface area contributed by atoms with Crippen molar-refractivity contribution in [2.75, 3.05) is 19.0 Å². The van der Waals surface area contributed by atoms with Gasteiger partial charge in [0.1, 0.15) is 10.8 Å². The molecule has 2 aromatic carbocycles. The van der Waals surface area contributed by atoms with Gasteiger partial charge in [-0.25, -0.2) is 4.79 Å². The molecule has 2 aromatic rings. The van der Waals surface area contributed by atoms with Crippen molar-refractivity contribution < 1.29 is 24.0 Å². The number of benzene rings is 2. The number of halogens is 1. The molecule has 1 N–H and O–H groups in total. The molecule has 25 heavy (non-hydrogen) atoms. The van der Waals surface area contributed by atoms with Gasteiger partial charge in [0, 0.05) is 11.8 Å². The van der Waals surface area contributed by atoms with Crippen molar-refractivity contribution in [3.05, 3.63) is 63.2 Å². The second-order valence-electron chi connectivity index (χ2n) is 4.78.